The summed E-state index contributed by atoms with van der Waals surface area (Å²) < 4.78 is 46.8. The molecule has 0 atom stereocenters. The van der Waals surface area contributed by atoms with E-state index >= 15 is 0 Å². The van der Waals surface area contributed by atoms with Gasteiger partial charge in [0.15, 0.2) is 6.29 Å². The molecule has 0 radical (unpaired) electrons. The first kappa shape index (κ1) is 12.4. The van der Waals surface area contributed by atoms with Gasteiger partial charge in [-0.2, -0.15) is 13.2 Å². The Balaban J connectivity index is 3.43. The zero-order valence-electron chi connectivity index (χ0n) is 8.59. The summed E-state index contributed by atoms with van der Waals surface area (Å²) in [4.78, 5) is 10.7. The van der Waals surface area contributed by atoms with Gasteiger partial charge in [-0.05, 0) is 12.1 Å². The lowest BCUT2D eigenvalue weighted by molar-refractivity contribution is -0.137. The SMILES string of the molecule is COc1cc(C(F)(F)F)cc(OC)c1C=O. The van der Waals surface area contributed by atoms with Crippen LogP contribution in [0.25, 0.3) is 0 Å². The van der Waals surface area contributed by atoms with Crippen molar-refractivity contribution in [1.82, 2.24) is 0 Å². The van der Waals surface area contributed by atoms with E-state index in [-0.39, 0.29) is 17.1 Å². The number of aldehydes is 1. The van der Waals surface area contributed by atoms with Crippen LogP contribution in [0, 0.1) is 0 Å². The van der Waals surface area contributed by atoms with Crippen molar-refractivity contribution in [3.05, 3.63) is 23.3 Å². The topological polar surface area (TPSA) is 35.5 Å². The lowest BCUT2D eigenvalue weighted by Crippen LogP contribution is -2.07. The predicted molar refractivity (Wildman–Crippen MR) is 49.9 cm³/mol. The van der Waals surface area contributed by atoms with Gasteiger partial charge in [0.1, 0.15) is 11.5 Å². The van der Waals surface area contributed by atoms with Gasteiger partial charge in [0.05, 0.1) is 25.3 Å². The Hall–Kier alpha value is -1.72. The van der Waals surface area contributed by atoms with Crippen molar-refractivity contribution in [1.29, 1.82) is 0 Å². The van der Waals surface area contributed by atoms with Gasteiger partial charge >= 0.3 is 6.18 Å². The number of carbonyl (C=O) groups excluding carboxylic acids is 1. The van der Waals surface area contributed by atoms with E-state index < -0.39 is 11.7 Å². The van der Waals surface area contributed by atoms with Crippen molar-refractivity contribution < 1.29 is 27.4 Å². The largest absolute Gasteiger partial charge is 0.496 e. The number of methoxy groups -OCH3 is 2. The number of benzene rings is 1. The normalized spacial score (nSPS) is 11.1. The fourth-order valence-electron chi connectivity index (χ4n) is 1.22. The number of halogens is 3. The smallest absolute Gasteiger partial charge is 0.416 e. The van der Waals surface area contributed by atoms with Gasteiger partial charge in [-0.3, -0.25) is 4.79 Å². The van der Waals surface area contributed by atoms with Crippen LogP contribution in [0.5, 0.6) is 11.5 Å². The molecule has 0 saturated carbocycles. The van der Waals surface area contributed by atoms with Crippen LogP contribution in [0.1, 0.15) is 15.9 Å². The molecule has 1 rings (SSSR count). The highest BCUT2D eigenvalue weighted by Gasteiger charge is 2.32. The maximum Gasteiger partial charge on any atom is 0.416 e. The molecule has 0 aliphatic carbocycles. The van der Waals surface area contributed by atoms with Crippen molar-refractivity contribution in [2.45, 2.75) is 6.18 Å². The molecule has 3 nitrogen and oxygen atoms in total. The van der Waals surface area contributed by atoms with E-state index in [1.54, 1.807) is 0 Å². The van der Waals surface area contributed by atoms with Crippen LogP contribution in [0.4, 0.5) is 13.2 Å². The highest BCUT2D eigenvalue weighted by atomic mass is 19.4. The molecule has 0 saturated heterocycles. The van der Waals surface area contributed by atoms with Crippen molar-refractivity contribution >= 4 is 6.29 Å². The number of rotatable bonds is 3. The number of ether oxygens (including phenoxy) is 2. The summed E-state index contributed by atoms with van der Waals surface area (Å²) in [6, 6.07) is 1.51. The standard InChI is InChI=1S/C10H9F3O3/c1-15-8-3-6(10(11,12)13)4-9(16-2)7(8)5-14/h3-5H,1-2H3. The Kier molecular flexibility index (Phi) is 3.41. The molecule has 1 aromatic rings. The first-order valence-electron chi connectivity index (χ1n) is 4.22. The van der Waals surface area contributed by atoms with E-state index in [2.05, 4.69) is 0 Å². The summed E-state index contributed by atoms with van der Waals surface area (Å²) >= 11 is 0. The number of alkyl halides is 3. The maximum absolute atomic E-state index is 12.5. The first-order valence-corrected chi connectivity index (χ1v) is 4.22. The quantitative estimate of drug-likeness (QED) is 0.754. The lowest BCUT2D eigenvalue weighted by atomic mass is 10.1. The van der Waals surface area contributed by atoms with Crippen LogP contribution >= 0.6 is 0 Å². The van der Waals surface area contributed by atoms with Crippen molar-refractivity contribution in [2.75, 3.05) is 14.2 Å². The summed E-state index contributed by atoms with van der Waals surface area (Å²) in [6.45, 7) is 0. The van der Waals surface area contributed by atoms with Crippen LogP contribution in [0.3, 0.4) is 0 Å². The molecule has 0 aliphatic rings. The van der Waals surface area contributed by atoms with Gasteiger partial charge in [0.25, 0.3) is 0 Å². The third-order valence-corrected chi connectivity index (χ3v) is 1.99. The van der Waals surface area contributed by atoms with E-state index in [0.29, 0.717) is 6.29 Å². The third kappa shape index (κ3) is 2.26. The van der Waals surface area contributed by atoms with E-state index in [9.17, 15) is 18.0 Å². The molecule has 6 heteroatoms. The van der Waals surface area contributed by atoms with Crippen LogP contribution < -0.4 is 9.47 Å². The molecule has 0 N–H and O–H groups in total. The summed E-state index contributed by atoms with van der Waals surface area (Å²) in [5.41, 5.74) is -0.968. The van der Waals surface area contributed by atoms with Crippen molar-refractivity contribution in [3.63, 3.8) is 0 Å². The minimum atomic E-state index is -4.51. The van der Waals surface area contributed by atoms with E-state index in [1.165, 1.54) is 14.2 Å². The Morgan fingerprint density at radius 3 is 1.81 bits per heavy atom. The van der Waals surface area contributed by atoms with Crippen LogP contribution in [-0.4, -0.2) is 20.5 Å². The average Bonchev–Trinajstić information content (AvgIpc) is 2.25. The van der Waals surface area contributed by atoms with E-state index in [4.69, 9.17) is 9.47 Å². The summed E-state index contributed by atoms with van der Waals surface area (Å²) in [5.74, 6) is -0.330. The highest BCUT2D eigenvalue weighted by Crippen LogP contribution is 2.37. The average molecular weight is 234 g/mol. The summed E-state index contributed by atoms with van der Waals surface area (Å²) in [5, 5.41) is 0. The Morgan fingerprint density at radius 1 is 1.12 bits per heavy atom. The fraction of sp³-hybridized carbons (Fsp3) is 0.300. The zero-order chi connectivity index (χ0) is 12.3. The first-order chi connectivity index (χ1) is 7.43. The molecule has 0 unspecified atom stereocenters. The molecule has 0 heterocycles. The number of hydrogen-bond acceptors (Lipinski definition) is 3. The molecular weight excluding hydrogens is 225 g/mol. The highest BCUT2D eigenvalue weighted by molar-refractivity contribution is 5.84. The molecule has 1 aromatic carbocycles. The minimum absolute atomic E-state index is 0.0435. The maximum atomic E-state index is 12.5. The molecule has 0 bridgehead atoms. The van der Waals surface area contributed by atoms with Crippen molar-refractivity contribution in [2.24, 2.45) is 0 Å². The molecule has 0 spiro atoms. The summed E-state index contributed by atoms with van der Waals surface area (Å²) in [6.07, 6.45) is -4.13. The van der Waals surface area contributed by atoms with E-state index in [0.717, 1.165) is 12.1 Å². The Labute approximate surface area is 89.8 Å². The zero-order valence-corrected chi connectivity index (χ0v) is 8.59. The monoisotopic (exact) mass is 234 g/mol. The van der Waals surface area contributed by atoms with Crippen LogP contribution in [-0.2, 0) is 6.18 Å². The fourth-order valence-corrected chi connectivity index (χ4v) is 1.22. The molecule has 0 aliphatic heterocycles. The Morgan fingerprint density at radius 2 is 1.56 bits per heavy atom. The van der Waals surface area contributed by atoms with Gasteiger partial charge in [0, 0.05) is 0 Å². The van der Waals surface area contributed by atoms with Gasteiger partial charge < -0.3 is 9.47 Å². The van der Waals surface area contributed by atoms with Crippen molar-refractivity contribution in [3.8, 4) is 11.5 Å². The predicted octanol–water partition coefficient (Wildman–Crippen LogP) is 2.54. The molecule has 0 fully saturated rings. The second-order valence-corrected chi connectivity index (χ2v) is 2.91. The second kappa shape index (κ2) is 4.42. The third-order valence-electron chi connectivity index (χ3n) is 1.99. The van der Waals surface area contributed by atoms with Gasteiger partial charge in [-0.25, -0.2) is 0 Å². The van der Waals surface area contributed by atoms with Crippen LogP contribution in [0.2, 0.25) is 0 Å². The van der Waals surface area contributed by atoms with Gasteiger partial charge in [0.2, 0.25) is 0 Å². The number of carbonyl (C=O) groups is 1. The summed E-state index contributed by atoms with van der Waals surface area (Å²) in [7, 11) is 2.36. The lowest BCUT2D eigenvalue weighted by Gasteiger charge is -2.13. The van der Waals surface area contributed by atoms with E-state index in [1.807, 2.05) is 0 Å². The molecule has 16 heavy (non-hydrogen) atoms. The van der Waals surface area contributed by atoms with Gasteiger partial charge in [-0.15, -0.1) is 0 Å². The molecule has 88 valence electrons. The second-order valence-electron chi connectivity index (χ2n) is 2.91. The molecular formula is C10H9F3O3. The van der Waals surface area contributed by atoms with Gasteiger partial charge in [-0.1, -0.05) is 0 Å². The molecule has 0 amide bonds. The minimum Gasteiger partial charge on any atom is -0.496 e. The van der Waals surface area contributed by atoms with Crippen LogP contribution in [0.15, 0.2) is 12.1 Å². The number of hydrogen-bond donors (Lipinski definition) is 0. The molecule has 0 aromatic heterocycles. The Bertz CT molecular complexity index is 374.